The molecule has 0 saturated heterocycles. The van der Waals surface area contributed by atoms with Crippen LogP contribution in [0.1, 0.15) is 40.5 Å². The van der Waals surface area contributed by atoms with Crippen LogP contribution in [0, 0.1) is 11.8 Å². The van der Waals surface area contributed by atoms with Gasteiger partial charge in [-0.25, -0.2) is 4.79 Å². The summed E-state index contributed by atoms with van der Waals surface area (Å²) in [4.78, 5) is 32.8. The highest BCUT2D eigenvalue weighted by molar-refractivity contribution is 5.69. The molecular formula is C13H23NO6. The van der Waals surface area contributed by atoms with E-state index in [1.807, 2.05) is 13.8 Å². The lowest BCUT2D eigenvalue weighted by atomic mass is 9.94. The van der Waals surface area contributed by atoms with E-state index in [2.05, 4.69) is 10.1 Å². The van der Waals surface area contributed by atoms with Crippen LogP contribution in [-0.2, 0) is 19.1 Å². The van der Waals surface area contributed by atoms with Crippen molar-refractivity contribution in [1.82, 2.24) is 5.32 Å². The van der Waals surface area contributed by atoms with E-state index in [-0.39, 0.29) is 18.9 Å². The van der Waals surface area contributed by atoms with Crippen molar-refractivity contribution in [2.24, 2.45) is 11.8 Å². The summed E-state index contributed by atoms with van der Waals surface area (Å²) >= 11 is 0. The molecule has 0 spiro atoms. The molecule has 2 atom stereocenters. The SMILES string of the molecule is CC(=O)OC(C)OC(=O)NC[C@H](CC(=O)O)CC(C)C. The Balaban J connectivity index is 4.15. The second-order valence-electron chi connectivity index (χ2n) is 5.06. The van der Waals surface area contributed by atoms with Gasteiger partial charge in [0.05, 0.1) is 0 Å². The van der Waals surface area contributed by atoms with Gasteiger partial charge in [0.1, 0.15) is 0 Å². The van der Waals surface area contributed by atoms with Crippen molar-refractivity contribution in [3.05, 3.63) is 0 Å². The Kier molecular flexibility index (Phi) is 8.35. The quantitative estimate of drug-likeness (QED) is 0.521. The van der Waals surface area contributed by atoms with Crippen molar-refractivity contribution in [3.8, 4) is 0 Å². The van der Waals surface area contributed by atoms with Gasteiger partial charge in [0.2, 0.25) is 6.29 Å². The lowest BCUT2D eigenvalue weighted by Crippen LogP contribution is -2.34. The van der Waals surface area contributed by atoms with Crippen LogP contribution in [0.25, 0.3) is 0 Å². The van der Waals surface area contributed by atoms with Crippen molar-refractivity contribution in [1.29, 1.82) is 0 Å². The second-order valence-corrected chi connectivity index (χ2v) is 5.06. The zero-order valence-electron chi connectivity index (χ0n) is 12.3. The normalized spacial score (nSPS) is 13.4. The third kappa shape index (κ3) is 10.2. The van der Waals surface area contributed by atoms with Crippen LogP contribution >= 0.6 is 0 Å². The minimum atomic E-state index is -0.976. The average Bonchev–Trinajstić information content (AvgIpc) is 2.22. The van der Waals surface area contributed by atoms with Crippen molar-refractivity contribution in [3.63, 3.8) is 0 Å². The maximum absolute atomic E-state index is 11.4. The summed E-state index contributed by atoms with van der Waals surface area (Å²) in [6.07, 6.45) is -1.04. The lowest BCUT2D eigenvalue weighted by molar-refractivity contribution is -0.162. The maximum Gasteiger partial charge on any atom is 0.410 e. The molecule has 1 amide bonds. The van der Waals surface area contributed by atoms with Gasteiger partial charge in [-0.05, 0) is 18.3 Å². The van der Waals surface area contributed by atoms with E-state index in [0.29, 0.717) is 12.3 Å². The molecule has 7 nitrogen and oxygen atoms in total. The van der Waals surface area contributed by atoms with Crippen molar-refractivity contribution >= 4 is 18.0 Å². The summed E-state index contributed by atoms with van der Waals surface area (Å²) in [6, 6.07) is 0. The molecule has 0 aromatic rings. The number of rotatable bonds is 8. The van der Waals surface area contributed by atoms with Crippen LogP contribution in [0.4, 0.5) is 4.79 Å². The number of carbonyl (C=O) groups excluding carboxylic acids is 2. The molecule has 0 aromatic carbocycles. The number of hydrogen-bond acceptors (Lipinski definition) is 5. The molecule has 0 radical (unpaired) electrons. The Hall–Kier alpha value is -1.79. The van der Waals surface area contributed by atoms with E-state index in [9.17, 15) is 14.4 Å². The molecule has 1 unspecified atom stereocenters. The van der Waals surface area contributed by atoms with Gasteiger partial charge in [-0.3, -0.25) is 9.59 Å². The van der Waals surface area contributed by atoms with Crippen LogP contribution < -0.4 is 5.32 Å². The third-order valence-electron chi connectivity index (χ3n) is 2.41. The molecule has 0 aromatic heterocycles. The Morgan fingerprint density at radius 1 is 1.15 bits per heavy atom. The summed E-state index contributed by atoms with van der Waals surface area (Å²) in [5, 5.41) is 11.3. The van der Waals surface area contributed by atoms with Gasteiger partial charge in [-0.1, -0.05) is 13.8 Å². The molecule has 20 heavy (non-hydrogen) atoms. The van der Waals surface area contributed by atoms with Gasteiger partial charge in [0, 0.05) is 26.8 Å². The fraction of sp³-hybridized carbons (Fsp3) is 0.769. The summed E-state index contributed by atoms with van der Waals surface area (Å²) in [7, 11) is 0. The van der Waals surface area contributed by atoms with E-state index in [1.165, 1.54) is 13.8 Å². The molecule has 0 bridgehead atoms. The van der Waals surface area contributed by atoms with Crippen LogP contribution in [0.5, 0.6) is 0 Å². The molecular weight excluding hydrogens is 266 g/mol. The molecule has 116 valence electrons. The van der Waals surface area contributed by atoms with Gasteiger partial charge in [-0.15, -0.1) is 0 Å². The van der Waals surface area contributed by atoms with Crippen molar-refractivity contribution in [2.45, 2.75) is 46.8 Å². The number of nitrogens with one attached hydrogen (secondary N) is 1. The largest absolute Gasteiger partial charge is 0.481 e. The first-order valence-electron chi connectivity index (χ1n) is 6.54. The predicted molar refractivity (Wildman–Crippen MR) is 70.9 cm³/mol. The van der Waals surface area contributed by atoms with Crippen LogP contribution in [0.15, 0.2) is 0 Å². The number of alkyl carbamates (subject to hydrolysis) is 1. The van der Waals surface area contributed by atoms with E-state index >= 15 is 0 Å². The first-order valence-corrected chi connectivity index (χ1v) is 6.54. The fourth-order valence-electron chi connectivity index (χ4n) is 1.83. The zero-order valence-corrected chi connectivity index (χ0v) is 12.3. The van der Waals surface area contributed by atoms with Gasteiger partial charge in [-0.2, -0.15) is 0 Å². The lowest BCUT2D eigenvalue weighted by Gasteiger charge is -2.19. The first-order chi connectivity index (χ1) is 9.20. The zero-order chi connectivity index (χ0) is 15.7. The Bertz CT molecular complexity index is 342. The Labute approximate surface area is 118 Å². The average molecular weight is 289 g/mol. The highest BCUT2D eigenvalue weighted by atomic mass is 16.7. The second kappa shape index (κ2) is 9.17. The molecule has 7 heteroatoms. The molecule has 0 aliphatic heterocycles. The minimum Gasteiger partial charge on any atom is -0.481 e. The summed E-state index contributed by atoms with van der Waals surface area (Å²) in [6.45, 7) is 6.80. The number of hydrogen-bond donors (Lipinski definition) is 2. The standard InChI is InChI=1S/C13H23NO6/c1-8(2)5-11(6-12(16)17)7-14-13(18)20-10(4)19-9(3)15/h8,10-11H,5-7H2,1-4H3,(H,14,18)(H,16,17)/t10?,11-/m0/s1. The topological polar surface area (TPSA) is 102 Å². The number of ether oxygens (including phenoxy) is 2. The Morgan fingerprint density at radius 3 is 2.20 bits per heavy atom. The smallest absolute Gasteiger partial charge is 0.410 e. The maximum atomic E-state index is 11.4. The number of amides is 1. The molecule has 0 aliphatic carbocycles. The summed E-state index contributed by atoms with van der Waals surface area (Å²) in [5.74, 6) is -1.28. The summed E-state index contributed by atoms with van der Waals surface area (Å²) < 4.78 is 9.42. The third-order valence-corrected chi connectivity index (χ3v) is 2.41. The van der Waals surface area contributed by atoms with E-state index in [4.69, 9.17) is 9.84 Å². The molecule has 0 heterocycles. The van der Waals surface area contributed by atoms with Crippen LogP contribution in [0.2, 0.25) is 0 Å². The van der Waals surface area contributed by atoms with E-state index in [0.717, 1.165) is 0 Å². The number of esters is 1. The first kappa shape index (κ1) is 18.2. The Morgan fingerprint density at radius 2 is 1.75 bits per heavy atom. The van der Waals surface area contributed by atoms with Gasteiger partial charge in [0.15, 0.2) is 0 Å². The fourth-order valence-corrected chi connectivity index (χ4v) is 1.83. The molecule has 0 rings (SSSR count). The van der Waals surface area contributed by atoms with Gasteiger partial charge < -0.3 is 19.9 Å². The van der Waals surface area contributed by atoms with Gasteiger partial charge in [0.25, 0.3) is 0 Å². The highest BCUT2D eigenvalue weighted by Gasteiger charge is 2.17. The monoisotopic (exact) mass is 289 g/mol. The summed E-state index contributed by atoms with van der Waals surface area (Å²) in [5.41, 5.74) is 0. The molecule has 0 fully saturated rings. The highest BCUT2D eigenvalue weighted by Crippen LogP contribution is 2.14. The van der Waals surface area contributed by atoms with E-state index < -0.39 is 24.3 Å². The molecule has 2 N–H and O–H groups in total. The van der Waals surface area contributed by atoms with Gasteiger partial charge >= 0.3 is 18.0 Å². The minimum absolute atomic E-state index is 0.0159. The number of carboxylic acids is 1. The van der Waals surface area contributed by atoms with Crippen molar-refractivity contribution in [2.75, 3.05) is 6.54 Å². The molecule has 0 saturated carbocycles. The van der Waals surface area contributed by atoms with Crippen LogP contribution in [-0.4, -0.2) is 36.0 Å². The number of aliphatic carboxylic acids is 1. The number of carboxylic acid groups (broad SMARTS) is 1. The predicted octanol–water partition coefficient (Wildman–Crippen LogP) is 1.76. The van der Waals surface area contributed by atoms with Crippen LogP contribution in [0.3, 0.4) is 0 Å². The molecule has 0 aliphatic rings. The van der Waals surface area contributed by atoms with E-state index in [1.54, 1.807) is 0 Å². The van der Waals surface area contributed by atoms with Crippen molar-refractivity contribution < 1.29 is 29.0 Å². The number of carbonyl (C=O) groups is 3.